The number of esters is 1. The lowest BCUT2D eigenvalue weighted by Crippen LogP contribution is -2.38. The average Bonchev–Trinajstić information content (AvgIpc) is 3.32. The van der Waals surface area contributed by atoms with Crippen molar-refractivity contribution in [3.8, 4) is 0 Å². The highest BCUT2D eigenvalue weighted by molar-refractivity contribution is 5.90. The van der Waals surface area contributed by atoms with Crippen LogP contribution in [-0.4, -0.2) is 46.2 Å². The summed E-state index contributed by atoms with van der Waals surface area (Å²) in [5.41, 5.74) is 3.98. The molecule has 9 atom stereocenters. The molecule has 3 N–H and O–H groups in total. The number of hydrogen-bond donors (Lipinski definition) is 3. The molecule has 6 unspecified atom stereocenters. The number of hydrogen-bond acceptors (Lipinski definition) is 5. The fourth-order valence-electron chi connectivity index (χ4n) is 7.95. The van der Waals surface area contributed by atoms with E-state index in [4.69, 9.17) is 9.84 Å². The van der Waals surface area contributed by atoms with Gasteiger partial charge in [0.05, 0.1) is 12.2 Å². The van der Waals surface area contributed by atoms with Crippen molar-refractivity contribution in [1.82, 2.24) is 0 Å². The molecule has 4 aliphatic rings. The summed E-state index contributed by atoms with van der Waals surface area (Å²) >= 11 is 0. The van der Waals surface area contributed by atoms with Gasteiger partial charge >= 0.3 is 5.97 Å². The zero-order valence-electron chi connectivity index (χ0n) is 22.4. The van der Waals surface area contributed by atoms with Gasteiger partial charge in [-0.05, 0) is 92.1 Å². The molecule has 1 saturated heterocycles. The molecule has 4 fully saturated rings. The van der Waals surface area contributed by atoms with Gasteiger partial charge in [-0.3, -0.25) is 0 Å². The zero-order chi connectivity index (χ0) is 26.2. The van der Waals surface area contributed by atoms with Crippen LogP contribution in [0.1, 0.15) is 78.6 Å². The molecule has 0 aromatic heterocycles. The lowest BCUT2D eigenvalue weighted by atomic mass is 9.60. The van der Waals surface area contributed by atoms with E-state index < -0.39 is 12.2 Å². The quantitative estimate of drug-likeness (QED) is 0.329. The molecule has 200 valence electrons. The lowest BCUT2D eigenvalue weighted by molar-refractivity contribution is -0.140. The van der Waals surface area contributed by atoms with Crippen molar-refractivity contribution in [3.63, 3.8) is 0 Å². The maximum absolute atomic E-state index is 12.0. The maximum Gasteiger partial charge on any atom is 0.334 e. The van der Waals surface area contributed by atoms with E-state index >= 15 is 0 Å². The summed E-state index contributed by atoms with van der Waals surface area (Å²) < 4.78 is 5.65. The topological polar surface area (TPSA) is 87.0 Å². The summed E-state index contributed by atoms with van der Waals surface area (Å²) in [5, 5.41) is 30.6. The first-order valence-electron chi connectivity index (χ1n) is 14.0. The minimum absolute atomic E-state index is 0.0534. The largest absolute Gasteiger partial charge is 0.458 e. The molecule has 3 saturated carbocycles. The number of carbonyl (C=O) groups is 1. The molecule has 0 bridgehead atoms. The third-order valence-corrected chi connectivity index (χ3v) is 10.2. The van der Waals surface area contributed by atoms with E-state index in [-0.39, 0.29) is 35.9 Å². The van der Waals surface area contributed by atoms with Crippen LogP contribution in [0.5, 0.6) is 0 Å². The molecule has 5 heteroatoms. The van der Waals surface area contributed by atoms with Crippen LogP contribution in [0.2, 0.25) is 0 Å². The first-order chi connectivity index (χ1) is 17.1. The van der Waals surface area contributed by atoms with Crippen molar-refractivity contribution in [1.29, 1.82) is 0 Å². The van der Waals surface area contributed by atoms with Crippen LogP contribution in [0, 0.1) is 35.0 Å². The number of rotatable bonds is 7. The predicted molar refractivity (Wildman–Crippen MR) is 142 cm³/mol. The van der Waals surface area contributed by atoms with Gasteiger partial charge in [0, 0.05) is 24.0 Å². The Balaban J connectivity index is 1.46. The lowest BCUT2D eigenvalue weighted by Gasteiger charge is -2.44. The molecular formula is C31H46O5. The van der Waals surface area contributed by atoms with E-state index in [2.05, 4.69) is 46.1 Å². The van der Waals surface area contributed by atoms with Crippen LogP contribution >= 0.6 is 0 Å². The Hall–Kier alpha value is -1.69. The van der Waals surface area contributed by atoms with Crippen molar-refractivity contribution in [3.05, 3.63) is 47.6 Å². The van der Waals surface area contributed by atoms with Crippen molar-refractivity contribution >= 4 is 5.97 Å². The highest BCUT2D eigenvalue weighted by Crippen LogP contribution is 2.60. The first kappa shape index (κ1) is 27.3. The van der Waals surface area contributed by atoms with E-state index in [1.807, 2.05) is 0 Å². The second kappa shape index (κ2) is 11.0. The average molecular weight is 499 g/mol. The van der Waals surface area contributed by atoms with Crippen LogP contribution < -0.4 is 0 Å². The number of cyclic esters (lactones) is 1. The van der Waals surface area contributed by atoms with Gasteiger partial charge in [0.15, 0.2) is 0 Å². The summed E-state index contributed by atoms with van der Waals surface area (Å²) in [6.07, 6.45) is 11.4. The van der Waals surface area contributed by atoms with Crippen molar-refractivity contribution < 1.29 is 24.9 Å². The van der Waals surface area contributed by atoms with E-state index in [0.29, 0.717) is 48.2 Å². The molecule has 3 aliphatic carbocycles. The Labute approximate surface area is 217 Å². The third-order valence-electron chi connectivity index (χ3n) is 10.2. The molecule has 36 heavy (non-hydrogen) atoms. The molecular weight excluding hydrogens is 452 g/mol. The monoisotopic (exact) mass is 498 g/mol. The Morgan fingerprint density at radius 1 is 1.19 bits per heavy atom. The minimum atomic E-state index is -0.763. The first-order valence-corrected chi connectivity index (χ1v) is 14.0. The highest BCUT2D eigenvalue weighted by atomic mass is 16.6. The van der Waals surface area contributed by atoms with Crippen molar-refractivity contribution in [2.24, 2.45) is 35.0 Å². The van der Waals surface area contributed by atoms with E-state index in [9.17, 15) is 15.0 Å². The number of carbonyl (C=O) groups excluding carboxylic acids is 1. The fraction of sp³-hybridized carbons (Fsp3) is 0.710. The Bertz CT molecular complexity index is 931. The van der Waals surface area contributed by atoms with E-state index in [0.717, 1.165) is 18.4 Å². The maximum atomic E-state index is 12.0. The SMILES string of the molecule is C=C1C(=O)OC(CC(C)[C@H]2CC[C@H]3/C(=C\C=C4/CC(O)C(CCCO)C(O)C4=C)CCC[C@]23C)C1C. The molecule has 0 amide bonds. The van der Waals surface area contributed by atoms with Gasteiger partial charge in [0.1, 0.15) is 6.10 Å². The Kier molecular flexibility index (Phi) is 8.33. The summed E-state index contributed by atoms with van der Waals surface area (Å²) in [6.45, 7) is 15.0. The summed E-state index contributed by atoms with van der Waals surface area (Å²) in [7, 11) is 0. The fourth-order valence-corrected chi connectivity index (χ4v) is 7.95. The molecule has 0 aromatic rings. The van der Waals surface area contributed by atoms with Gasteiger partial charge in [-0.2, -0.15) is 0 Å². The van der Waals surface area contributed by atoms with Gasteiger partial charge in [-0.15, -0.1) is 0 Å². The third kappa shape index (κ3) is 5.04. The van der Waals surface area contributed by atoms with Gasteiger partial charge in [0.25, 0.3) is 0 Å². The van der Waals surface area contributed by atoms with E-state index in [1.54, 1.807) is 0 Å². The van der Waals surface area contributed by atoms with Crippen LogP contribution in [0.15, 0.2) is 47.6 Å². The van der Waals surface area contributed by atoms with Gasteiger partial charge in [0.2, 0.25) is 0 Å². The molecule has 4 rings (SSSR count). The molecule has 1 aliphatic heterocycles. The van der Waals surface area contributed by atoms with E-state index in [1.165, 1.54) is 31.3 Å². The summed E-state index contributed by atoms with van der Waals surface area (Å²) in [4.78, 5) is 12.0. The number of aliphatic hydroxyl groups is 3. The van der Waals surface area contributed by atoms with Gasteiger partial charge < -0.3 is 20.1 Å². The molecule has 0 spiro atoms. The number of allylic oxidation sites excluding steroid dienone is 3. The Morgan fingerprint density at radius 2 is 1.94 bits per heavy atom. The normalized spacial score (nSPS) is 42.2. The standard InChI is InChI=1S/C31H46O5/c1-18(16-28-19(2)20(3)30(35)36-28)25-12-13-26-22(8-6-14-31(25,26)5)10-11-23-17-27(33)24(9-7-15-32)29(34)21(23)4/h10-11,18-19,24-29,32-34H,3-4,6-9,12-17H2,1-2,5H3/b22-10-,23-11+/t18?,19?,24?,25-,26+,27?,28?,29?,31-/m1/s1. The Morgan fingerprint density at radius 3 is 2.61 bits per heavy atom. The van der Waals surface area contributed by atoms with Gasteiger partial charge in [-0.25, -0.2) is 4.79 Å². The highest BCUT2D eigenvalue weighted by Gasteiger charge is 2.51. The minimum Gasteiger partial charge on any atom is -0.458 e. The zero-order valence-corrected chi connectivity index (χ0v) is 22.4. The number of fused-ring (bicyclic) bond motifs is 1. The van der Waals surface area contributed by atoms with Crippen molar-refractivity contribution in [2.45, 2.75) is 96.9 Å². The van der Waals surface area contributed by atoms with Crippen molar-refractivity contribution in [2.75, 3.05) is 6.61 Å². The number of aliphatic hydroxyl groups excluding tert-OH is 3. The van der Waals surface area contributed by atoms with Crippen LogP contribution in [-0.2, 0) is 9.53 Å². The summed E-state index contributed by atoms with van der Waals surface area (Å²) in [6, 6.07) is 0. The second-order valence-electron chi connectivity index (χ2n) is 12.3. The second-order valence-corrected chi connectivity index (χ2v) is 12.3. The molecule has 5 nitrogen and oxygen atoms in total. The summed E-state index contributed by atoms with van der Waals surface area (Å²) in [5.74, 6) is 1.21. The molecule has 0 aromatic carbocycles. The smallest absolute Gasteiger partial charge is 0.334 e. The molecule has 0 radical (unpaired) electrons. The van der Waals surface area contributed by atoms with Gasteiger partial charge in [-0.1, -0.05) is 51.7 Å². The number of ether oxygens (including phenoxy) is 1. The van der Waals surface area contributed by atoms with Crippen LogP contribution in [0.4, 0.5) is 0 Å². The van der Waals surface area contributed by atoms with Crippen LogP contribution in [0.25, 0.3) is 0 Å². The molecule has 1 heterocycles. The predicted octanol–water partition coefficient (Wildman–Crippen LogP) is 5.27. The van der Waals surface area contributed by atoms with Crippen LogP contribution in [0.3, 0.4) is 0 Å².